The van der Waals surface area contributed by atoms with E-state index in [2.05, 4.69) is 5.32 Å². The molecule has 1 aromatic carbocycles. The Morgan fingerprint density at radius 3 is 2.58 bits per heavy atom. The molecule has 1 N–H and O–H groups in total. The van der Waals surface area contributed by atoms with Crippen molar-refractivity contribution in [3.05, 3.63) is 34.4 Å². The van der Waals surface area contributed by atoms with Gasteiger partial charge in [0.05, 0.1) is 4.92 Å². The molecule has 31 heavy (non-hydrogen) atoms. The first-order chi connectivity index (χ1) is 14.8. The smallest absolute Gasteiger partial charge is 0.325 e. The van der Waals surface area contributed by atoms with Crippen molar-refractivity contribution in [2.45, 2.75) is 38.1 Å². The zero-order valence-electron chi connectivity index (χ0n) is 17.6. The Labute approximate surface area is 180 Å². The molecule has 1 aliphatic carbocycles. The molecule has 2 unspecified atom stereocenters. The number of amides is 4. The van der Waals surface area contributed by atoms with Crippen molar-refractivity contribution in [3.8, 4) is 0 Å². The van der Waals surface area contributed by atoms with Crippen molar-refractivity contribution in [2.24, 2.45) is 5.92 Å². The molecule has 2 heterocycles. The number of anilines is 1. The molecular formula is C21H27N5O5. The highest BCUT2D eigenvalue weighted by molar-refractivity contribution is 6.09. The first-order valence-electron chi connectivity index (χ1n) is 10.7. The number of urea groups is 1. The first kappa shape index (κ1) is 21.1. The van der Waals surface area contributed by atoms with Crippen LogP contribution in [0.25, 0.3) is 0 Å². The van der Waals surface area contributed by atoms with E-state index in [1.54, 1.807) is 23.1 Å². The number of hydrogen-bond donors (Lipinski definition) is 1. The Bertz CT molecular complexity index is 913. The van der Waals surface area contributed by atoms with Crippen molar-refractivity contribution >= 4 is 29.2 Å². The normalized spacial score (nSPS) is 26.4. The highest BCUT2D eigenvalue weighted by atomic mass is 16.6. The van der Waals surface area contributed by atoms with Crippen LogP contribution in [0.3, 0.4) is 0 Å². The molecule has 4 rings (SSSR count). The molecule has 166 valence electrons. The van der Waals surface area contributed by atoms with Crippen LogP contribution in [0.2, 0.25) is 0 Å². The van der Waals surface area contributed by atoms with Gasteiger partial charge in [-0.05, 0) is 24.8 Å². The lowest BCUT2D eigenvalue weighted by atomic mass is 9.73. The number of benzene rings is 1. The number of nitrogens with one attached hydrogen (secondary N) is 1. The lowest BCUT2D eigenvalue weighted by molar-refractivity contribution is -0.384. The number of rotatable bonds is 4. The Morgan fingerprint density at radius 2 is 1.90 bits per heavy atom. The van der Waals surface area contributed by atoms with Crippen molar-refractivity contribution in [2.75, 3.05) is 37.6 Å². The van der Waals surface area contributed by atoms with Gasteiger partial charge in [0.2, 0.25) is 5.91 Å². The van der Waals surface area contributed by atoms with Gasteiger partial charge in [0, 0.05) is 32.2 Å². The minimum Gasteiger partial charge on any atom is -0.362 e. The van der Waals surface area contributed by atoms with E-state index in [9.17, 15) is 24.5 Å². The second kappa shape index (κ2) is 8.16. The van der Waals surface area contributed by atoms with Crippen molar-refractivity contribution in [3.63, 3.8) is 0 Å². The van der Waals surface area contributed by atoms with Crippen LogP contribution in [-0.4, -0.2) is 70.8 Å². The number of nitro groups is 1. The van der Waals surface area contributed by atoms with Gasteiger partial charge in [0.25, 0.3) is 11.6 Å². The third-order valence-electron chi connectivity index (χ3n) is 6.85. The molecule has 10 nitrogen and oxygen atoms in total. The van der Waals surface area contributed by atoms with Crippen molar-refractivity contribution < 1.29 is 19.3 Å². The fourth-order valence-corrected chi connectivity index (χ4v) is 4.96. The number of piperazine rings is 1. The summed E-state index contributed by atoms with van der Waals surface area (Å²) in [5.74, 6) is -0.536. The summed E-state index contributed by atoms with van der Waals surface area (Å²) in [7, 11) is 0. The highest BCUT2D eigenvalue weighted by Gasteiger charge is 2.55. The van der Waals surface area contributed by atoms with E-state index in [0.717, 1.165) is 24.2 Å². The average Bonchev–Trinajstić information content (AvgIpc) is 3.00. The van der Waals surface area contributed by atoms with Crippen LogP contribution in [0.5, 0.6) is 0 Å². The fourth-order valence-electron chi connectivity index (χ4n) is 4.96. The molecule has 3 aliphatic rings. The third kappa shape index (κ3) is 3.70. The van der Waals surface area contributed by atoms with E-state index >= 15 is 0 Å². The van der Waals surface area contributed by atoms with Gasteiger partial charge >= 0.3 is 6.03 Å². The Kier molecular flexibility index (Phi) is 5.55. The first-order valence-corrected chi connectivity index (χ1v) is 10.7. The SMILES string of the molecule is CC1CCCCC12NC(=O)N(CC(=O)N1CCN(c3ccccc3[N+](=O)[O-])CC1)C2=O. The number of para-hydroxylation sites is 2. The van der Waals surface area contributed by atoms with Crippen LogP contribution in [-0.2, 0) is 9.59 Å². The monoisotopic (exact) mass is 429 g/mol. The van der Waals surface area contributed by atoms with Gasteiger partial charge in [-0.1, -0.05) is 31.9 Å². The number of carbonyl (C=O) groups excluding carboxylic acids is 3. The summed E-state index contributed by atoms with van der Waals surface area (Å²) in [4.78, 5) is 53.8. The summed E-state index contributed by atoms with van der Waals surface area (Å²) in [6.07, 6.45) is 3.40. The topological polar surface area (TPSA) is 116 Å². The largest absolute Gasteiger partial charge is 0.362 e. The van der Waals surface area contributed by atoms with E-state index in [1.807, 2.05) is 11.8 Å². The molecule has 4 amide bonds. The molecule has 2 atom stereocenters. The summed E-state index contributed by atoms with van der Waals surface area (Å²) < 4.78 is 0. The van der Waals surface area contributed by atoms with E-state index in [4.69, 9.17) is 0 Å². The summed E-state index contributed by atoms with van der Waals surface area (Å²) in [6.45, 7) is 3.33. The minimum absolute atomic E-state index is 0.0357. The van der Waals surface area contributed by atoms with Crippen LogP contribution < -0.4 is 10.2 Å². The molecule has 1 aromatic rings. The fraction of sp³-hybridized carbons (Fsp3) is 0.571. The van der Waals surface area contributed by atoms with Crippen LogP contribution in [0.1, 0.15) is 32.6 Å². The molecule has 3 fully saturated rings. The Hall–Kier alpha value is -3.17. The van der Waals surface area contributed by atoms with Gasteiger partial charge in [0.1, 0.15) is 17.8 Å². The summed E-state index contributed by atoms with van der Waals surface area (Å²) >= 11 is 0. The molecule has 0 aromatic heterocycles. The molecule has 1 saturated carbocycles. The lowest BCUT2D eigenvalue weighted by Crippen LogP contribution is -2.55. The van der Waals surface area contributed by atoms with Crippen LogP contribution in [0.4, 0.5) is 16.2 Å². The summed E-state index contributed by atoms with van der Waals surface area (Å²) in [6, 6.07) is 6.05. The summed E-state index contributed by atoms with van der Waals surface area (Å²) in [5.41, 5.74) is -0.309. The minimum atomic E-state index is -0.874. The lowest BCUT2D eigenvalue weighted by Gasteiger charge is -2.37. The van der Waals surface area contributed by atoms with Crippen molar-refractivity contribution in [1.29, 1.82) is 0 Å². The van der Waals surface area contributed by atoms with Gasteiger partial charge in [-0.25, -0.2) is 4.79 Å². The third-order valence-corrected chi connectivity index (χ3v) is 6.85. The Balaban J connectivity index is 1.38. The molecule has 10 heteroatoms. The standard InChI is InChI=1S/C21H27N5O5/c1-15-6-4-5-9-21(15)19(28)25(20(29)22-21)14-18(27)24-12-10-23(11-13-24)16-7-2-3-8-17(16)26(30)31/h2-3,7-8,15H,4-6,9-14H2,1H3,(H,22,29). The van der Waals surface area contributed by atoms with Crippen LogP contribution in [0.15, 0.2) is 24.3 Å². The number of imide groups is 1. The van der Waals surface area contributed by atoms with Gasteiger partial charge in [-0.3, -0.25) is 24.6 Å². The van der Waals surface area contributed by atoms with Gasteiger partial charge in [0.15, 0.2) is 0 Å². The summed E-state index contributed by atoms with van der Waals surface area (Å²) in [5, 5.41) is 14.1. The highest BCUT2D eigenvalue weighted by Crippen LogP contribution is 2.38. The predicted molar refractivity (Wildman–Crippen MR) is 112 cm³/mol. The number of hydrogen-bond acceptors (Lipinski definition) is 6. The van der Waals surface area contributed by atoms with Gasteiger partial charge in [-0.2, -0.15) is 0 Å². The van der Waals surface area contributed by atoms with Crippen LogP contribution in [0, 0.1) is 16.0 Å². The molecule has 0 bridgehead atoms. The zero-order chi connectivity index (χ0) is 22.2. The van der Waals surface area contributed by atoms with E-state index in [1.165, 1.54) is 6.07 Å². The number of nitrogens with zero attached hydrogens (tertiary/aromatic N) is 4. The predicted octanol–water partition coefficient (Wildman–Crippen LogP) is 1.74. The van der Waals surface area contributed by atoms with E-state index < -0.39 is 16.5 Å². The molecular weight excluding hydrogens is 402 g/mol. The van der Waals surface area contributed by atoms with E-state index in [-0.39, 0.29) is 30.0 Å². The maximum absolute atomic E-state index is 13.1. The van der Waals surface area contributed by atoms with Crippen LogP contribution >= 0.6 is 0 Å². The maximum Gasteiger partial charge on any atom is 0.325 e. The molecule has 2 aliphatic heterocycles. The molecule has 1 spiro atoms. The second-order valence-electron chi connectivity index (χ2n) is 8.55. The zero-order valence-corrected chi connectivity index (χ0v) is 17.6. The maximum atomic E-state index is 13.1. The molecule has 0 radical (unpaired) electrons. The second-order valence-corrected chi connectivity index (χ2v) is 8.55. The quantitative estimate of drug-likeness (QED) is 0.443. The van der Waals surface area contributed by atoms with E-state index in [0.29, 0.717) is 38.3 Å². The molecule has 2 saturated heterocycles. The van der Waals surface area contributed by atoms with Crippen molar-refractivity contribution in [1.82, 2.24) is 15.1 Å². The Morgan fingerprint density at radius 1 is 1.19 bits per heavy atom. The number of nitro benzene ring substituents is 1. The van der Waals surface area contributed by atoms with Gasteiger partial charge < -0.3 is 15.1 Å². The average molecular weight is 429 g/mol. The number of carbonyl (C=O) groups is 3. The van der Waals surface area contributed by atoms with Gasteiger partial charge in [-0.15, -0.1) is 0 Å².